The smallest absolute Gasteiger partial charge is 0.266 e. The highest BCUT2D eigenvalue weighted by Gasteiger charge is 2.23. The Morgan fingerprint density at radius 3 is 2.63 bits per heavy atom. The minimum Gasteiger partial charge on any atom is -0.361 e. The number of aromatic nitrogens is 2. The molecule has 1 unspecified atom stereocenters. The van der Waals surface area contributed by atoms with Crippen LogP contribution in [0.5, 0.6) is 0 Å². The summed E-state index contributed by atoms with van der Waals surface area (Å²) in [6.07, 6.45) is -0.260. The van der Waals surface area contributed by atoms with Gasteiger partial charge in [0, 0.05) is 11.9 Å². The van der Waals surface area contributed by atoms with Gasteiger partial charge in [0.05, 0.1) is 17.1 Å². The zero-order chi connectivity index (χ0) is 18.8. The lowest BCUT2D eigenvalue weighted by Gasteiger charge is -2.35. The van der Waals surface area contributed by atoms with Crippen molar-refractivity contribution in [2.24, 2.45) is 0 Å². The molecule has 4 rings (SSSR count). The molecule has 1 N–H and O–H groups in total. The van der Waals surface area contributed by atoms with Gasteiger partial charge in [0.25, 0.3) is 6.43 Å². The molecule has 1 saturated heterocycles. The molecular formula is C20H19F3N4. The van der Waals surface area contributed by atoms with Gasteiger partial charge >= 0.3 is 0 Å². The molecule has 4 nitrogen and oxygen atoms in total. The first-order valence-electron chi connectivity index (χ1n) is 8.88. The van der Waals surface area contributed by atoms with E-state index in [0.29, 0.717) is 17.9 Å². The van der Waals surface area contributed by atoms with Gasteiger partial charge in [0.2, 0.25) is 0 Å². The molecule has 3 aromatic rings. The van der Waals surface area contributed by atoms with Crippen molar-refractivity contribution in [3.63, 3.8) is 0 Å². The Bertz CT molecular complexity index is 938. The topological polar surface area (TPSA) is 41.0 Å². The van der Waals surface area contributed by atoms with Crippen LogP contribution in [0.3, 0.4) is 0 Å². The molecule has 7 heteroatoms. The van der Waals surface area contributed by atoms with Crippen LogP contribution in [0.2, 0.25) is 0 Å². The van der Waals surface area contributed by atoms with E-state index >= 15 is 0 Å². The number of nitrogens with one attached hydrogen (secondary N) is 1. The molecule has 140 valence electrons. The van der Waals surface area contributed by atoms with E-state index in [0.717, 1.165) is 36.5 Å². The van der Waals surface area contributed by atoms with Gasteiger partial charge in [0.1, 0.15) is 18.0 Å². The number of hydrogen-bond donors (Lipinski definition) is 1. The van der Waals surface area contributed by atoms with Gasteiger partial charge in [0.15, 0.2) is 0 Å². The summed E-state index contributed by atoms with van der Waals surface area (Å²) in [7, 11) is 0. The van der Waals surface area contributed by atoms with Gasteiger partial charge in [-0.05, 0) is 49.3 Å². The number of alkyl halides is 2. The van der Waals surface area contributed by atoms with Gasteiger partial charge < -0.3 is 10.2 Å². The highest BCUT2D eigenvalue weighted by Crippen LogP contribution is 2.30. The molecule has 1 fully saturated rings. The third-order valence-corrected chi connectivity index (χ3v) is 4.90. The Labute approximate surface area is 155 Å². The number of hydrogen-bond acceptors (Lipinski definition) is 4. The van der Waals surface area contributed by atoms with Crippen LogP contribution in [0, 0.1) is 5.82 Å². The summed E-state index contributed by atoms with van der Waals surface area (Å²) in [6, 6.07) is 11.2. The molecule has 0 bridgehead atoms. The van der Waals surface area contributed by atoms with Crippen LogP contribution in [0.15, 0.2) is 48.8 Å². The lowest BCUT2D eigenvalue weighted by Crippen LogP contribution is -2.41. The highest BCUT2D eigenvalue weighted by atomic mass is 19.3. The number of nitrogens with zero attached hydrogens (tertiary/aromatic N) is 3. The van der Waals surface area contributed by atoms with Crippen molar-refractivity contribution in [2.75, 3.05) is 25.0 Å². The zero-order valence-corrected chi connectivity index (χ0v) is 14.6. The van der Waals surface area contributed by atoms with E-state index in [1.54, 1.807) is 6.07 Å². The lowest BCUT2D eigenvalue weighted by molar-refractivity contribution is 0.146. The molecule has 1 aromatic heterocycles. The van der Waals surface area contributed by atoms with E-state index < -0.39 is 17.8 Å². The van der Waals surface area contributed by atoms with Crippen LogP contribution in [-0.4, -0.2) is 34.5 Å². The van der Waals surface area contributed by atoms with Crippen molar-refractivity contribution in [1.29, 1.82) is 0 Å². The maximum Gasteiger partial charge on any atom is 0.266 e. The molecule has 1 atom stereocenters. The summed E-state index contributed by atoms with van der Waals surface area (Å²) < 4.78 is 40.0. The summed E-state index contributed by atoms with van der Waals surface area (Å²) in [5, 5.41) is 4.21. The number of para-hydroxylation sites is 1. The first kappa shape index (κ1) is 17.7. The fraction of sp³-hybridized carbons (Fsp3) is 0.300. The summed E-state index contributed by atoms with van der Waals surface area (Å²) in [4.78, 5) is 10.8. The second-order valence-electron chi connectivity index (χ2n) is 6.67. The van der Waals surface area contributed by atoms with Crippen LogP contribution in [0.4, 0.5) is 19.0 Å². The molecule has 2 aromatic carbocycles. The van der Waals surface area contributed by atoms with Gasteiger partial charge in [-0.1, -0.05) is 18.2 Å². The van der Waals surface area contributed by atoms with Crippen LogP contribution in [-0.2, 0) is 0 Å². The van der Waals surface area contributed by atoms with E-state index in [1.807, 2.05) is 24.3 Å². The van der Waals surface area contributed by atoms with Crippen molar-refractivity contribution >= 4 is 16.7 Å². The number of rotatable bonds is 6. The Morgan fingerprint density at radius 2 is 1.89 bits per heavy atom. The minimum absolute atomic E-state index is 0.290. The van der Waals surface area contributed by atoms with E-state index in [4.69, 9.17) is 0 Å². The van der Waals surface area contributed by atoms with Crippen molar-refractivity contribution in [2.45, 2.75) is 18.9 Å². The monoisotopic (exact) mass is 372 g/mol. The maximum atomic E-state index is 13.7. The third kappa shape index (κ3) is 3.73. The molecule has 27 heavy (non-hydrogen) atoms. The number of likely N-dealkylation sites (tertiary alicyclic amines) is 1. The predicted molar refractivity (Wildman–Crippen MR) is 98.3 cm³/mol. The van der Waals surface area contributed by atoms with Gasteiger partial charge in [-0.2, -0.15) is 0 Å². The van der Waals surface area contributed by atoms with E-state index in [2.05, 4.69) is 20.2 Å². The van der Waals surface area contributed by atoms with E-state index in [9.17, 15) is 13.2 Å². The fourth-order valence-electron chi connectivity index (χ4n) is 3.29. The van der Waals surface area contributed by atoms with Crippen LogP contribution < -0.4 is 5.32 Å². The van der Waals surface area contributed by atoms with Crippen LogP contribution in [0.25, 0.3) is 10.9 Å². The predicted octanol–water partition coefficient (Wildman–Crippen LogP) is 4.57. The molecular weight excluding hydrogens is 353 g/mol. The van der Waals surface area contributed by atoms with Crippen LogP contribution in [0.1, 0.15) is 30.0 Å². The lowest BCUT2D eigenvalue weighted by atomic mass is 10.0. The van der Waals surface area contributed by atoms with Crippen molar-refractivity contribution in [3.8, 4) is 0 Å². The Morgan fingerprint density at radius 1 is 1.07 bits per heavy atom. The number of benzene rings is 2. The Hall–Kier alpha value is -2.67. The fourth-order valence-corrected chi connectivity index (χ4v) is 3.29. The summed E-state index contributed by atoms with van der Waals surface area (Å²) in [6.45, 7) is 2.56. The molecule has 1 aliphatic rings. The first-order chi connectivity index (χ1) is 13.1. The molecule has 1 aliphatic heterocycles. The van der Waals surface area contributed by atoms with Gasteiger partial charge in [-0.3, -0.25) is 0 Å². The number of fused-ring (bicyclic) bond motifs is 1. The summed E-state index contributed by atoms with van der Waals surface area (Å²) >= 11 is 0. The number of halogens is 3. The summed E-state index contributed by atoms with van der Waals surface area (Å²) in [5.74, 6) is -0.252. The van der Waals surface area contributed by atoms with Gasteiger partial charge in [-0.15, -0.1) is 0 Å². The Balaban J connectivity index is 1.70. The molecule has 0 amide bonds. The van der Waals surface area contributed by atoms with E-state index in [1.165, 1.54) is 12.4 Å². The van der Waals surface area contributed by atoms with E-state index in [-0.39, 0.29) is 6.04 Å². The Kier molecular flexibility index (Phi) is 4.94. The average molecular weight is 372 g/mol. The molecule has 0 aliphatic carbocycles. The number of anilines is 1. The van der Waals surface area contributed by atoms with Crippen molar-refractivity contribution in [1.82, 2.24) is 14.9 Å². The van der Waals surface area contributed by atoms with Crippen molar-refractivity contribution < 1.29 is 13.2 Å². The molecule has 0 radical (unpaired) electrons. The third-order valence-electron chi connectivity index (χ3n) is 4.90. The second kappa shape index (κ2) is 7.52. The average Bonchev–Trinajstić information content (AvgIpc) is 2.64. The highest BCUT2D eigenvalue weighted by molar-refractivity contribution is 5.88. The standard InChI is InChI=1S/C20H19F3N4/c21-16-7-6-13(10-15(16)19(22)23)18(11-27-8-3-9-27)26-20-14-4-1-2-5-17(14)24-12-25-20/h1-2,4-7,10,12,18-19H,3,8-9,11H2,(H,24,25,26). The van der Waals surface area contributed by atoms with Crippen molar-refractivity contribution in [3.05, 3.63) is 65.7 Å². The van der Waals surface area contributed by atoms with Gasteiger partial charge in [-0.25, -0.2) is 23.1 Å². The molecule has 0 spiro atoms. The second-order valence-corrected chi connectivity index (χ2v) is 6.67. The summed E-state index contributed by atoms with van der Waals surface area (Å²) in [5.41, 5.74) is 0.835. The molecule has 2 heterocycles. The quantitative estimate of drug-likeness (QED) is 0.688. The zero-order valence-electron chi connectivity index (χ0n) is 14.6. The maximum absolute atomic E-state index is 13.7. The minimum atomic E-state index is -2.85. The largest absolute Gasteiger partial charge is 0.361 e. The normalized spacial score (nSPS) is 15.7. The SMILES string of the molecule is Fc1ccc(C(CN2CCC2)Nc2ncnc3ccccc23)cc1C(F)F. The molecule has 0 saturated carbocycles. The van der Waals surface area contributed by atoms with Crippen LogP contribution >= 0.6 is 0 Å². The first-order valence-corrected chi connectivity index (χ1v) is 8.88.